The fourth-order valence-corrected chi connectivity index (χ4v) is 2.58. The van der Waals surface area contributed by atoms with Crippen LogP contribution in [0, 0.1) is 6.92 Å². The third kappa shape index (κ3) is 2.91. The Kier molecular flexibility index (Phi) is 3.89. The molecule has 0 aliphatic rings. The molecule has 0 heterocycles. The Morgan fingerprint density at radius 2 is 1.71 bits per heavy atom. The van der Waals surface area contributed by atoms with Crippen LogP contribution in [0.15, 0.2) is 60.7 Å². The van der Waals surface area contributed by atoms with Crippen LogP contribution in [-0.2, 0) is 13.2 Å². The summed E-state index contributed by atoms with van der Waals surface area (Å²) in [5, 5.41) is 2.47. The smallest absolute Gasteiger partial charge is 0.124 e. The quantitative estimate of drug-likeness (QED) is 0.776. The highest BCUT2D eigenvalue weighted by Crippen LogP contribution is 2.23. The van der Waals surface area contributed by atoms with Crippen molar-refractivity contribution in [3.05, 3.63) is 77.4 Å². The van der Waals surface area contributed by atoms with Crippen molar-refractivity contribution in [2.75, 3.05) is 0 Å². The van der Waals surface area contributed by atoms with Gasteiger partial charge in [-0.15, -0.1) is 0 Å². The SMILES string of the molecule is Cc1ccc(OCc2cccc3ccccc23)c(CN)c1. The minimum atomic E-state index is 0.493. The monoisotopic (exact) mass is 277 g/mol. The van der Waals surface area contributed by atoms with E-state index in [1.165, 1.54) is 21.9 Å². The van der Waals surface area contributed by atoms with E-state index in [9.17, 15) is 0 Å². The Bertz CT molecular complexity index is 759. The van der Waals surface area contributed by atoms with Gasteiger partial charge in [-0.05, 0) is 29.3 Å². The standard InChI is InChI=1S/C19H19NO/c1-14-9-10-19(17(11-14)12-20)21-13-16-7-4-6-15-5-2-3-8-18(15)16/h2-11H,12-13,20H2,1H3. The Labute approximate surface area is 125 Å². The second kappa shape index (κ2) is 5.98. The molecule has 0 aliphatic heterocycles. The second-order valence-electron chi connectivity index (χ2n) is 5.24. The van der Waals surface area contributed by atoms with Crippen molar-refractivity contribution in [1.82, 2.24) is 0 Å². The molecule has 0 aliphatic carbocycles. The average Bonchev–Trinajstić information content (AvgIpc) is 2.53. The molecule has 0 spiro atoms. The molecule has 2 nitrogen and oxygen atoms in total. The lowest BCUT2D eigenvalue weighted by atomic mass is 10.1. The number of fused-ring (bicyclic) bond motifs is 1. The number of benzene rings is 3. The van der Waals surface area contributed by atoms with Gasteiger partial charge in [0.2, 0.25) is 0 Å². The molecule has 0 atom stereocenters. The van der Waals surface area contributed by atoms with Gasteiger partial charge in [-0.3, -0.25) is 0 Å². The summed E-state index contributed by atoms with van der Waals surface area (Å²) >= 11 is 0. The molecule has 2 N–H and O–H groups in total. The zero-order valence-electron chi connectivity index (χ0n) is 12.2. The van der Waals surface area contributed by atoms with E-state index in [0.717, 1.165) is 11.3 Å². The van der Waals surface area contributed by atoms with E-state index in [2.05, 4.69) is 61.5 Å². The van der Waals surface area contributed by atoms with E-state index in [1.807, 2.05) is 6.07 Å². The molecule has 2 heteroatoms. The van der Waals surface area contributed by atoms with Gasteiger partial charge >= 0.3 is 0 Å². The lowest BCUT2D eigenvalue weighted by Gasteiger charge is -2.12. The molecular formula is C19H19NO. The molecule has 0 fully saturated rings. The Morgan fingerprint density at radius 1 is 0.905 bits per heavy atom. The van der Waals surface area contributed by atoms with E-state index in [4.69, 9.17) is 10.5 Å². The molecule has 0 radical (unpaired) electrons. The maximum atomic E-state index is 6.00. The topological polar surface area (TPSA) is 35.2 Å². The van der Waals surface area contributed by atoms with Gasteiger partial charge in [-0.1, -0.05) is 60.2 Å². The minimum absolute atomic E-state index is 0.493. The van der Waals surface area contributed by atoms with E-state index in [0.29, 0.717) is 13.2 Å². The maximum Gasteiger partial charge on any atom is 0.124 e. The van der Waals surface area contributed by atoms with Crippen LogP contribution in [0.3, 0.4) is 0 Å². The van der Waals surface area contributed by atoms with E-state index in [1.54, 1.807) is 0 Å². The number of nitrogens with two attached hydrogens (primary N) is 1. The molecule has 0 saturated heterocycles. The highest BCUT2D eigenvalue weighted by atomic mass is 16.5. The first kappa shape index (κ1) is 13.7. The Hall–Kier alpha value is -2.32. The summed E-state index contributed by atoms with van der Waals surface area (Å²) in [6.07, 6.45) is 0. The average molecular weight is 277 g/mol. The van der Waals surface area contributed by atoms with E-state index in [-0.39, 0.29) is 0 Å². The predicted molar refractivity (Wildman–Crippen MR) is 87.4 cm³/mol. The lowest BCUT2D eigenvalue weighted by Crippen LogP contribution is -2.03. The van der Waals surface area contributed by atoms with Crippen LogP contribution in [0.4, 0.5) is 0 Å². The van der Waals surface area contributed by atoms with Gasteiger partial charge in [0, 0.05) is 12.1 Å². The molecule has 0 saturated carbocycles. The van der Waals surface area contributed by atoms with Crippen LogP contribution < -0.4 is 10.5 Å². The Morgan fingerprint density at radius 3 is 2.57 bits per heavy atom. The van der Waals surface area contributed by atoms with Crippen molar-refractivity contribution in [2.45, 2.75) is 20.1 Å². The summed E-state index contributed by atoms with van der Waals surface area (Å²) in [7, 11) is 0. The van der Waals surface area contributed by atoms with Crippen LogP contribution in [0.2, 0.25) is 0 Å². The number of ether oxygens (including phenoxy) is 1. The van der Waals surface area contributed by atoms with Crippen molar-refractivity contribution in [1.29, 1.82) is 0 Å². The summed E-state index contributed by atoms with van der Waals surface area (Å²) in [5.41, 5.74) is 9.24. The van der Waals surface area contributed by atoms with Crippen molar-refractivity contribution < 1.29 is 4.74 Å². The summed E-state index contributed by atoms with van der Waals surface area (Å²) in [6.45, 7) is 3.11. The van der Waals surface area contributed by atoms with Crippen molar-refractivity contribution in [2.24, 2.45) is 5.73 Å². The number of hydrogen-bond donors (Lipinski definition) is 1. The largest absolute Gasteiger partial charge is 0.489 e. The molecule has 0 amide bonds. The predicted octanol–water partition coefficient (Wildman–Crippen LogP) is 4.19. The summed E-state index contributed by atoms with van der Waals surface area (Å²) in [4.78, 5) is 0. The molecule has 3 aromatic rings. The molecule has 0 unspecified atom stereocenters. The van der Waals surface area contributed by atoms with Gasteiger partial charge in [0.05, 0.1) is 0 Å². The molecule has 3 rings (SSSR count). The fourth-order valence-electron chi connectivity index (χ4n) is 2.58. The number of hydrogen-bond acceptors (Lipinski definition) is 2. The van der Waals surface area contributed by atoms with Gasteiger partial charge in [0.1, 0.15) is 12.4 Å². The van der Waals surface area contributed by atoms with Crippen molar-refractivity contribution in [3.63, 3.8) is 0 Å². The van der Waals surface area contributed by atoms with Gasteiger partial charge in [-0.25, -0.2) is 0 Å². The third-order valence-electron chi connectivity index (χ3n) is 3.70. The zero-order valence-corrected chi connectivity index (χ0v) is 12.2. The van der Waals surface area contributed by atoms with Gasteiger partial charge < -0.3 is 10.5 Å². The van der Waals surface area contributed by atoms with Gasteiger partial charge in [-0.2, -0.15) is 0 Å². The molecule has 0 bridgehead atoms. The van der Waals surface area contributed by atoms with Crippen molar-refractivity contribution in [3.8, 4) is 5.75 Å². The van der Waals surface area contributed by atoms with Crippen molar-refractivity contribution >= 4 is 10.8 Å². The molecule has 21 heavy (non-hydrogen) atoms. The zero-order chi connectivity index (χ0) is 14.7. The van der Waals surface area contributed by atoms with Gasteiger partial charge in [0.15, 0.2) is 0 Å². The van der Waals surface area contributed by atoms with Gasteiger partial charge in [0.25, 0.3) is 0 Å². The van der Waals surface area contributed by atoms with E-state index < -0.39 is 0 Å². The highest BCUT2D eigenvalue weighted by Gasteiger charge is 2.05. The molecular weight excluding hydrogens is 258 g/mol. The maximum absolute atomic E-state index is 6.00. The van der Waals surface area contributed by atoms with Crippen LogP contribution in [0.5, 0.6) is 5.75 Å². The first-order valence-corrected chi connectivity index (χ1v) is 7.17. The molecule has 0 aromatic heterocycles. The van der Waals surface area contributed by atoms with Crippen LogP contribution in [-0.4, -0.2) is 0 Å². The second-order valence-corrected chi connectivity index (χ2v) is 5.24. The summed E-state index contributed by atoms with van der Waals surface area (Å²) in [5.74, 6) is 0.871. The third-order valence-corrected chi connectivity index (χ3v) is 3.70. The number of aryl methyl sites for hydroxylation is 1. The van der Waals surface area contributed by atoms with Crippen LogP contribution in [0.1, 0.15) is 16.7 Å². The lowest BCUT2D eigenvalue weighted by molar-refractivity contribution is 0.304. The minimum Gasteiger partial charge on any atom is -0.489 e. The Balaban J connectivity index is 1.87. The van der Waals surface area contributed by atoms with Crippen LogP contribution >= 0.6 is 0 Å². The van der Waals surface area contributed by atoms with Crippen LogP contribution in [0.25, 0.3) is 10.8 Å². The first-order valence-electron chi connectivity index (χ1n) is 7.17. The molecule has 106 valence electrons. The molecule has 3 aromatic carbocycles. The first-order chi connectivity index (χ1) is 10.3. The summed E-state index contributed by atoms with van der Waals surface area (Å²) < 4.78 is 6.00. The highest BCUT2D eigenvalue weighted by molar-refractivity contribution is 5.85. The number of rotatable bonds is 4. The normalized spacial score (nSPS) is 10.8. The fraction of sp³-hybridized carbons (Fsp3) is 0.158. The van der Waals surface area contributed by atoms with E-state index >= 15 is 0 Å². The summed E-state index contributed by atoms with van der Waals surface area (Å²) in [6, 6.07) is 20.8.